The lowest BCUT2D eigenvalue weighted by Crippen LogP contribution is -2.96. The van der Waals surface area contributed by atoms with E-state index in [0.717, 1.165) is 56.7 Å². The van der Waals surface area contributed by atoms with E-state index in [1.54, 1.807) is 13.0 Å². The van der Waals surface area contributed by atoms with E-state index in [-0.39, 0.29) is 66.9 Å². The van der Waals surface area contributed by atoms with Gasteiger partial charge in [-0.3, -0.25) is 15.3 Å². The van der Waals surface area contributed by atoms with Crippen LogP contribution in [0.2, 0.25) is 0 Å². The molecule has 7 rings (SSSR count). The number of aliphatic hydroxyl groups is 1. The summed E-state index contributed by atoms with van der Waals surface area (Å²) in [6.07, 6.45) is 10.4. The number of esters is 2. The predicted octanol–water partition coefficient (Wildman–Crippen LogP) is 2.69. The first-order valence-corrected chi connectivity index (χ1v) is 20.3. The number of fused-ring (bicyclic) bond motifs is 7. The minimum absolute atomic E-state index is 0.0761. The fourth-order valence-electron chi connectivity index (χ4n) is 10.1. The Balaban J connectivity index is 1.31. The molecule has 5 N–H and O–H groups in total. The summed E-state index contributed by atoms with van der Waals surface area (Å²) in [4.78, 5) is 42.0. The molecule has 260 valence electrons. The number of ether oxygens (including phenoxy) is 3. The first-order chi connectivity index (χ1) is 22.6. The van der Waals surface area contributed by atoms with Crippen LogP contribution in [0, 0.1) is 29.6 Å². The molecule has 0 radical (unpaired) electrons. The Morgan fingerprint density at radius 1 is 1.19 bits per heavy atom. The fourth-order valence-corrected chi connectivity index (χ4v) is 12.6. The third-order valence-corrected chi connectivity index (χ3v) is 15.1. The zero-order valence-corrected chi connectivity index (χ0v) is 29.4. The summed E-state index contributed by atoms with van der Waals surface area (Å²) in [5.41, 5.74) is 6.68. The average molecular weight is 691 g/mol. The molecule has 0 aromatic carbocycles. The van der Waals surface area contributed by atoms with E-state index in [1.807, 2.05) is 28.5 Å². The quantitative estimate of drug-likeness (QED) is 0.174. The number of nitrogens with two attached hydrogens (primary N) is 2. The van der Waals surface area contributed by atoms with Crippen LogP contribution in [0.1, 0.15) is 78.1 Å². The van der Waals surface area contributed by atoms with Crippen LogP contribution in [-0.2, 0) is 28.6 Å². The normalized spacial score (nSPS) is 43.8. The van der Waals surface area contributed by atoms with Gasteiger partial charge in [0.05, 0.1) is 12.6 Å². The van der Waals surface area contributed by atoms with Gasteiger partial charge in [0, 0.05) is 86.6 Å². The van der Waals surface area contributed by atoms with Crippen molar-refractivity contribution in [2.24, 2.45) is 35.3 Å². The van der Waals surface area contributed by atoms with Crippen molar-refractivity contribution >= 4 is 39.4 Å². The Hall–Kier alpha value is -1.57. The van der Waals surface area contributed by atoms with Gasteiger partial charge < -0.3 is 29.5 Å². The largest absolute Gasteiger partial charge is 0.462 e. The monoisotopic (exact) mass is 690 g/mol. The number of allylic oxidation sites excluding steroid dienone is 1. The van der Waals surface area contributed by atoms with Crippen LogP contribution >= 0.6 is 21.6 Å². The van der Waals surface area contributed by atoms with Crippen molar-refractivity contribution in [1.82, 2.24) is 4.90 Å². The second kappa shape index (κ2) is 13.6. The highest BCUT2D eigenvalue weighted by molar-refractivity contribution is 8.76. The maximum Gasteiger partial charge on any atom is 0.334 e. The molecule has 1 saturated carbocycles. The van der Waals surface area contributed by atoms with Gasteiger partial charge in [0.25, 0.3) is 0 Å². The topological polar surface area (TPSA) is 145 Å². The molecule has 5 heterocycles. The first-order valence-electron chi connectivity index (χ1n) is 17.8. The smallest absolute Gasteiger partial charge is 0.334 e. The Morgan fingerprint density at radius 3 is 2.81 bits per heavy atom. The Labute approximate surface area is 286 Å². The number of carbonyl (C=O) groups is 3. The minimum atomic E-state index is -0.988. The number of aliphatic hydroxyl groups excluding tert-OH is 1. The van der Waals surface area contributed by atoms with Crippen LogP contribution in [0.4, 0.5) is 0 Å². The Morgan fingerprint density at radius 2 is 2.04 bits per heavy atom. The second-order valence-corrected chi connectivity index (χ2v) is 17.8. The van der Waals surface area contributed by atoms with Crippen LogP contribution in [0.3, 0.4) is 0 Å². The fraction of sp³-hybridized carbons (Fsp3) is 0.800. The molecule has 5 aliphatic heterocycles. The number of nitrogens with zero attached hydrogens (tertiary/aromatic N) is 1. The summed E-state index contributed by atoms with van der Waals surface area (Å²) in [5.74, 6) is 2.14. The van der Waals surface area contributed by atoms with Gasteiger partial charge in [0.2, 0.25) is 5.91 Å². The van der Waals surface area contributed by atoms with Gasteiger partial charge in [0.1, 0.15) is 23.5 Å². The standard InChI is InChI=1S/C35H51N3O7S2/c1-3-20(8-11-39)33(42)45-34(2)9-6-22-18-46-47-19-25-7-10-38(25)30(40)13-24-17-37-29(36)14-26(24)32(22)35(34)16-23-12-21-4-5-31(41)43-27(21)15-28(23)44-35/h3,6,21,23-29,32,37,39H,4-5,7-19,36H2,1-2H3/p+1/t21?,23?,24?,25-,26?,27?,28?,29?,32-,34+,35+/m1/s1. The zero-order valence-electron chi connectivity index (χ0n) is 27.8. The van der Waals surface area contributed by atoms with Crippen molar-refractivity contribution in [1.29, 1.82) is 0 Å². The molecule has 0 bridgehead atoms. The van der Waals surface area contributed by atoms with Crippen molar-refractivity contribution in [3.8, 4) is 0 Å². The molecule has 47 heavy (non-hydrogen) atoms. The van der Waals surface area contributed by atoms with E-state index in [9.17, 15) is 19.5 Å². The molecule has 1 amide bonds. The van der Waals surface area contributed by atoms with Gasteiger partial charge in [-0.15, -0.1) is 0 Å². The molecular formula is C35H52N3O7S2+. The van der Waals surface area contributed by atoms with Crippen LogP contribution in [0.15, 0.2) is 23.3 Å². The summed E-state index contributed by atoms with van der Waals surface area (Å²) in [6, 6.07) is 0.316. The van der Waals surface area contributed by atoms with Crippen LogP contribution < -0.4 is 11.1 Å². The molecule has 2 aliphatic carbocycles. The molecule has 1 spiro atoms. The van der Waals surface area contributed by atoms with E-state index in [2.05, 4.69) is 16.3 Å². The summed E-state index contributed by atoms with van der Waals surface area (Å²) >= 11 is 0. The number of rotatable bonds is 4. The maximum absolute atomic E-state index is 13.8. The van der Waals surface area contributed by atoms with Gasteiger partial charge in [0.15, 0.2) is 0 Å². The molecule has 5 saturated heterocycles. The zero-order chi connectivity index (χ0) is 32.9. The van der Waals surface area contributed by atoms with E-state index < -0.39 is 17.2 Å². The lowest BCUT2D eigenvalue weighted by molar-refractivity contribution is -0.706. The van der Waals surface area contributed by atoms with Crippen molar-refractivity contribution in [2.75, 3.05) is 31.2 Å². The van der Waals surface area contributed by atoms with Gasteiger partial charge in [-0.05, 0) is 57.3 Å². The van der Waals surface area contributed by atoms with Crippen LogP contribution in [0.25, 0.3) is 0 Å². The molecule has 10 nitrogen and oxygen atoms in total. The lowest BCUT2D eigenvalue weighted by Gasteiger charge is -2.56. The number of quaternary nitrogens is 1. The molecule has 7 aliphatic rings. The van der Waals surface area contributed by atoms with Crippen molar-refractivity contribution in [3.63, 3.8) is 0 Å². The number of hydrogen-bond acceptors (Lipinski definition) is 10. The second-order valence-electron chi connectivity index (χ2n) is 15.3. The van der Waals surface area contributed by atoms with E-state index in [0.29, 0.717) is 43.2 Å². The summed E-state index contributed by atoms with van der Waals surface area (Å²) in [5, 5.41) is 11.9. The van der Waals surface area contributed by atoms with Gasteiger partial charge in [-0.25, -0.2) is 4.79 Å². The summed E-state index contributed by atoms with van der Waals surface area (Å²) in [7, 11) is 3.71. The Bertz CT molecular complexity index is 1310. The molecule has 6 fully saturated rings. The van der Waals surface area contributed by atoms with Crippen molar-refractivity contribution in [3.05, 3.63) is 23.3 Å². The molecular weight excluding hydrogens is 639 g/mol. The summed E-state index contributed by atoms with van der Waals surface area (Å²) < 4.78 is 20.0. The highest BCUT2D eigenvalue weighted by Gasteiger charge is 2.68. The third-order valence-electron chi connectivity index (χ3n) is 12.7. The number of hydrogen-bond donors (Lipinski definition) is 3. The predicted molar refractivity (Wildman–Crippen MR) is 180 cm³/mol. The number of carbonyl (C=O) groups excluding carboxylic acids is 3. The Kier molecular flexibility index (Phi) is 9.83. The number of piperidine rings is 1. The van der Waals surface area contributed by atoms with E-state index in [4.69, 9.17) is 19.9 Å². The maximum atomic E-state index is 13.8. The molecule has 0 aromatic rings. The summed E-state index contributed by atoms with van der Waals surface area (Å²) in [6.45, 7) is 5.33. The van der Waals surface area contributed by atoms with E-state index in [1.165, 1.54) is 5.57 Å². The number of amides is 1. The highest BCUT2D eigenvalue weighted by Crippen LogP contribution is 2.61. The SMILES string of the molecule is CC=C(CCO)C(=O)O[C@@]1(C)CC=C2CSSC[C@H]3CCN3C(=O)CC3C[NH2+]C(N)CC3[C@@H]2[C@@]12CC1CC3CCC(=O)OC3CC1O2. The van der Waals surface area contributed by atoms with Gasteiger partial charge in [-0.1, -0.05) is 39.3 Å². The van der Waals surface area contributed by atoms with Gasteiger partial charge >= 0.3 is 11.9 Å². The van der Waals surface area contributed by atoms with Crippen LogP contribution in [0.5, 0.6) is 0 Å². The van der Waals surface area contributed by atoms with Crippen molar-refractivity contribution < 1.29 is 39.0 Å². The van der Waals surface area contributed by atoms with E-state index >= 15 is 0 Å². The average Bonchev–Trinajstić information content (AvgIpc) is 3.39. The molecule has 7 unspecified atom stereocenters. The lowest BCUT2D eigenvalue weighted by atomic mass is 9.56. The highest BCUT2D eigenvalue weighted by atomic mass is 33.1. The van der Waals surface area contributed by atoms with Crippen LogP contribution in [-0.4, -0.2) is 94.7 Å². The molecule has 12 heteroatoms. The molecule has 11 atom stereocenters. The molecule has 0 aromatic heterocycles. The minimum Gasteiger partial charge on any atom is -0.462 e. The third kappa shape index (κ3) is 6.22. The van der Waals surface area contributed by atoms with Crippen molar-refractivity contribution in [2.45, 2.75) is 114 Å². The van der Waals surface area contributed by atoms with Gasteiger partial charge in [-0.2, -0.15) is 0 Å². The first kappa shape index (κ1) is 33.9.